The number of hydrogen-bond acceptors (Lipinski definition) is 9. The van der Waals surface area contributed by atoms with E-state index in [0.717, 1.165) is 0 Å². The predicted octanol–water partition coefficient (Wildman–Crippen LogP) is 6.04. The van der Waals surface area contributed by atoms with Crippen LogP contribution in [0.1, 0.15) is 29.5 Å². The van der Waals surface area contributed by atoms with Crippen LogP contribution in [-0.4, -0.2) is 56.1 Å². The topological polar surface area (TPSA) is 149 Å². The molecule has 11 nitrogen and oxygen atoms in total. The van der Waals surface area contributed by atoms with Gasteiger partial charge in [-0.25, -0.2) is 4.98 Å². The number of amides is 4. The summed E-state index contributed by atoms with van der Waals surface area (Å²) in [7, 11) is 1.38. The van der Waals surface area contributed by atoms with Crippen molar-refractivity contribution in [1.29, 1.82) is 0 Å². The van der Waals surface area contributed by atoms with Gasteiger partial charge >= 0.3 is 6.18 Å². The second-order valence-corrected chi connectivity index (χ2v) is 13.6. The number of phenolic OH excluding ortho intramolecular Hbond substituents is 1. The molecule has 2 aromatic carbocycles. The molecule has 4 aliphatic rings. The maximum Gasteiger partial charge on any atom is 0.417 e. The number of aromatic hydroxyl groups is 1. The minimum absolute atomic E-state index is 0.0754. The van der Waals surface area contributed by atoms with Crippen LogP contribution in [-0.2, 0) is 30.8 Å². The molecule has 3 aromatic rings. The lowest BCUT2D eigenvalue weighted by atomic mass is 9.50. The molecule has 3 fully saturated rings. The number of benzene rings is 2. The molecule has 3 heterocycles. The van der Waals surface area contributed by atoms with Crippen molar-refractivity contribution >= 4 is 58.7 Å². The van der Waals surface area contributed by atoms with Gasteiger partial charge in [0.2, 0.25) is 0 Å². The highest BCUT2D eigenvalue weighted by Crippen LogP contribution is 2.61. The van der Waals surface area contributed by atoms with Crippen LogP contribution in [0.2, 0.25) is 10.0 Å². The number of hydrogen-bond donors (Lipinski definition) is 3. The number of methoxy groups -OCH3 is 1. The molecule has 2 aliphatic carbocycles. The van der Waals surface area contributed by atoms with Crippen LogP contribution in [0.5, 0.6) is 11.5 Å². The molecule has 1 aromatic heterocycles. The van der Waals surface area contributed by atoms with E-state index in [1.807, 2.05) is 0 Å². The summed E-state index contributed by atoms with van der Waals surface area (Å²) in [5.41, 5.74) is 1.20. The number of allylic oxidation sites excluding steroid dienone is 3. The number of rotatable bonds is 6. The number of halogens is 5. The van der Waals surface area contributed by atoms with Crippen LogP contribution in [0.3, 0.4) is 0 Å². The van der Waals surface area contributed by atoms with Crippen molar-refractivity contribution in [3.05, 3.63) is 99.2 Å². The van der Waals surface area contributed by atoms with E-state index in [-0.39, 0.29) is 35.2 Å². The summed E-state index contributed by atoms with van der Waals surface area (Å²) in [6.45, 7) is 0. The molecule has 0 bridgehead atoms. The third kappa shape index (κ3) is 5.35. The number of imide groups is 2. The molecule has 1 saturated carbocycles. The molecular weight excluding hydrogens is 716 g/mol. The van der Waals surface area contributed by atoms with E-state index in [0.29, 0.717) is 39.0 Å². The number of carbonyl (C=O) groups is 4. The monoisotopic (exact) mass is 742 g/mol. The molecule has 264 valence electrons. The third-order valence-electron chi connectivity index (χ3n) is 10.3. The van der Waals surface area contributed by atoms with Gasteiger partial charge in [0.1, 0.15) is 0 Å². The lowest BCUT2D eigenvalue weighted by molar-refractivity contribution is -0.173. The standard InChI is InChI=1S/C35H27Cl2F3N4O7/c1-51-27-12-16(3-11-26(27)45)2-10-23-20-8-9-21-28(32(48)44(50)30(21)46)22(20)14-24-31(47)43(33(49)34(23,24)17-4-6-19(36)7-5-17)42-29-25(37)13-18(15-41-29)35(38,39)40/h2-8,10-13,15,21-24,28,45,50H,9,14H2,1H3,(H,41,42). The first kappa shape index (κ1) is 34.5. The van der Waals surface area contributed by atoms with Gasteiger partial charge in [0, 0.05) is 17.1 Å². The Morgan fingerprint density at radius 1 is 1.02 bits per heavy atom. The summed E-state index contributed by atoms with van der Waals surface area (Å²) in [6.07, 6.45) is 0.859. The Hall–Kier alpha value is -4.92. The number of hydroxylamine groups is 2. The van der Waals surface area contributed by atoms with Gasteiger partial charge in [-0.1, -0.05) is 65.2 Å². The quantitative estimate of drug-likeness (QED) is 0.156. The highest BCUT2D eigenvalue weighted by Gasteiger charge is 2.69. The summed E-state index contributed by atoms with van der Waals surface area (Å²) in [5.74, 6) is -8.32. The first-order chi connectivity index (χ1) is 24.2. The lowest BCUT2D eigenvalue weighted by Gasteiger charge is -2.49. The molecule has 3 N–H and O–H groups in total. The zero-order valence-electron chi connectivity index (χ0n) is 26.4. The zero-order valence-corrected chi connectivity index (χ0v) is 27.9. The van der Waals surface area contributed by atoms with Crippen LogP contribution in [0.25, 0.3) is 6.08 Å². The summed E-state index contributed by atoms with van der Waals surface area (Å²) >= 11 is 12.4. The maximum atomic E-state index is 15.0. The SMILES string of the molecule is COc1cc(C=CC2C3=CCC4C(=O)N(O)C(=O)C4C3CC3C(=O)N(Nc4ncc(C(F)(F)F)cc4Cl)C(=O)C23c2ccc(Cl)cc2)ccc1O. The van der Waals surface area contributed by atoms with Gasteiger partial charge in [0.25, 0.3) is 23.6 Å². The molecule has 51 heavy (non-hydrogen) atoms. The molecule has 0 radical (unpaired) electrons. The van der Waals surface area contributed by atoms with Gasteiger partial charge in [-0.15, -0.1) is 0 Å². The fourth-order valence-electron chi connectivity index (χ4n) is 8.02. The average molecular weight is 744 g/mol. The molecule has 7 rings (SSSR count). The van der Waals surface area contributed by atoms with E-state index in [2.05, 4.69) is 10.4 Å². The van der Waals surface area contributed by atoms with Crippen molar-refractivity contribution in [1.82, 2.24) is 15.1 Å². The van der Waals surface area contributed by atoms with Crippen molar-refractivity contribution in [2.45, 2.75) is 24.4 Å². The van der Waals surface area contributed by atoms with E-state index in [1.165, 1.54) is 13.2 Å². The number of carbonyl (C=O) groups excluding carboxylic acids is 4. The number of aromatic nitrogens is 1. The predicted molar refractivity (Wildman–Crippen MR) is 175 cm³/mol. The second-order valence-electron chi connectivity index (χ2n) is 12.7. The van der Waals surface area contributed by atoms with Crippen LogP contribution in [0.15, 0.2) is 72.5 Å². The van der Waals surface area contributed by atoms with Crippen molar-refractivity contribution in [3.8, 4) is 11.5 Å². The Bertz CT molecular complexity index is 2060. The minimum Gasteiger partial charge on any atom is -0.504 e. The van der Waals surface area contributed by atoms with Crippen LogP contribution in [0.4, 0.5) is 19.0 Å². The molecule has 0 spiro atoms. The van der Waals surface area contributed by atoms with Gasteiger partial charge in [-0.2, -0.15) is 23.2 Å². The molecule has 2 aliphatic heterocycles. The third-order valence-corrected chi connectivity index (χ3v) is 10.8. The van der Waals surface area contributed by atoms with Gasteiger partial charge < -0.3 is 9.84 Å². The lowest BCUT2D eigenvalue weighted by Crippen LogP contribution is -2.54. The number of nitrogens with zero attached hydrogens (tertiary/aromatic N) is 3. The smallest absolute Gasteiger partial charge is 0.417 e. The highest BCUT2D eigenvalue weighted by atomic mass is 35.5. The number of hydrazine groups is 1. The van der Waals surface area contributed by atoms with E-state index >= 15 is 4.79 Å². The Balaban J connectivity index is 1.41. The number of ether oxygens (including phenoxy) is 1. The Kier molecular flexibility index (Phi) is 8.39. The number of fused-ring (bicyclic) bond motifs is 4. The van der Waals surface area contributed by atoms with Crippen molar-refractivity contribution < 1.29 is 47.4 Å². The van der Waals surface area contributed by atoms with Gasteiger partial charge in [-0.05, 0) is 60.2 Å². The van der Waals surface area contributed by atoms with Crippen LogP contribution < -0.4 is 10.2 Å². The molecule has 4 amide bonds. The van der Waals surface area contributed by atoms with Gasteiger partial charge in [-0.3, -0.25) is 29.8 Å². The fourth-order valence-corrected chi connectivity index (χ4v) is 8.35. The highest BCUT2D eigenvalue weighted by molar-refractivity contribution is 6.33. The Morgan fingerprint density at radius 2 is 1.75 bits per heavy atom. The maximum absolute atomic E-state index is 15.0. The van der Waals surface area contributed by atoms with Crippen LogP contribution in [0, 0.1) is 29.6 Å². The van der Waals surface area contributed by atoms with Crippen LogP contribution >= 0.6 is 23.2 Å². The largest absolute Gasteiger partial charge is 0.504 e. The normalized spacial score (nSPS) is 27.4. The number of phenols is 1. The number of pyridine rings is 1. The summed E-state index contributed by atoms with van der Waals surface area (Å²) < 4.78 is 45.4. The second kappa shape index (κ2) is 12.4. The molecular formula is C35H27Cl2F3N4O7. The van der Waals surface area contributed by atoms with Gasteiger partial charge in [0.15, 0.2) is 17.3 Å². The molecule has 6 atom stereocenters. The fraction of sp³-hybridized carbons (Fsp3) is 0.286. The summed E-state index contributed by atoms with van der Waals surface area (Å²) in [5, 5.41) is 21.1. The Morgan fingerprint density at radius 3 is 2.41 bits per heavy atom. The van der Waals surface area contributed by atoms with Gasteiger partial charge in [0.05, 0.1) is 40.9 Å². The summed E-state index contributed by atoms with van der Waals surface area (Å²) in [6, 6.07) is 11.5. The van der Waals surface area contributed by atoms with E-state index in [9.17, 15) is 37.9 Å². The summed E-state index contributed by atoms with van der Waals surface area (Å²) in [4.78, 5) is 59.5. The van der Waals surface area contributed by atoms with E-state index < -0.39 is 75.4 Å². The minimum atomic E-state index is -4.76. The van der Waals surface area contributed by atoms with Crippen molar-refractivity contribution in [3.63, 3.8) is 0 Å². The first-order valence-corrected chi connectivity index (χ1v) is 16.4. The first-order valence-electron chi connectivity index (χ1n) is 15.6. The zero-order chi connectivity index (χ0) is 36.6. The molecule has 2 saturated heterocycles. The van der Waals surface area contributed by atoms with E-state index in [4.69, 9.17) is 27.9 Å². The molecule has 6 unspecified atom stereocenters. The number of anilines is 1. The number of nitrogens with one attached hydrogen (secondary N) is 1. The van der Waals surface area contributed by atoms with Crippen molar-refractivity contribution in [2.75, 3.05) is 12.5 Å². The number of alkyl halides is 3. The van der Waals surface area contributed by atoms with Crippen molar-refractivity contribution in [2.24, 2.45) is 29.6 Å². The van der Waals surface area contributed by atoms with E-state index in [1.54, 1.807) is 54.6 Å². The average Bonchev–Trinajstić information content (AvgIpc) is 3.45. The molecule has 16 heteroatoms. The Labute approximate surface area is 297 Å².